The highest BCUT2D eigenvalue weighted by Crippen LogP contribution is 2.24. The van der Waals surface area contributed by atoms with Gasteiger partial charge in [0.25, 0.3) is 5.89 Å². The lowest BCUT2D eigenvalue weighted by Crippen LogP contribution is -1.91. The Labute approximate surface area is 117 Å². The zero-order valence-corrected chi connectivity index (χ0v) is 11.2. The standard InChI is InChI=1S/C16H15N3O/c1-11-7-8-13(17)10-14(11)16-18-15(19-20-16)9-12-5-3-2-4-6-12/h2-8,10H,9,17H2,1H3. The van der Waals surface area contributed by atoms with E-state index < -0.39 is 0 Å². The van der Waals surface area contributed by atoms with Crippen LogP contribution in [0.1, 0.15) is 17.0 Å². The van der Waals surface area contributed by atoms with E-state index in [9.17, 15) is 0 Å². The summed E-state index contributed by atoms with van der Waals surface area (Å²) in [6.07, 6.45) is 0.658. The number of rotatable bonds is 3. The van der Waals surface area contributed by atoms with Gasteiger partial charge in [0, 0.05) is 17.7 Å². The molecule has 0 saturated heterocycles. The van der Waals surface area contributed by atoms with Crippen LogP contribution in [0.15, 0.2) is 53.1 Å². The Hall–Kier alpha value is -2.62. The fraction of sp³-hybridized carbons (Fsp3) is 0.125. The molecule has 0 amide bonds. The van der Waals surface area contributed by atoms with Gasteiger partial charge in [-0.25, -0.2) is 0 Å². The minimum Gasteiger partial charge on any atom is -0.399 e. The topological polar surface area (TPSA) is 64.9 Å². The molecule has 0 bridgehead atoms. The Balaban J connectivity index is 1.88. The number of hydrogen-bond acceptors (Lipinski definition) is 4. The van der Waals surface area contributed by atoms with E-state index in [1.807, 2.05) is 55.5 Å². The van der Waals surface area contributed by atoms with E-state index in [1.165, 1.54) is 0 Å². The molecule has 0 unspecified atom stereocenters. The normalized spacial score (nSPS) is 10.7. The molecule has 0 atom stereocenters. The van der Waals surface area contributed by atoms with Gasteiger partial charge in [0.05, 0.1) is 0 Å². The Morgan fingerprint density at radius 2 is 1.90 bits per heavy atom. The number of benzene rings is 2. The molecule has 0 spiro atoms. The van der Waals surface area contributed by atoms with Gasteiger partial charge in [0.1, 0.15) is 0 Å². The molecule has 0 saturated carbocycles. The molecular formula is C16H15N3O. The van der Waals surface area contributed by atoms with E-state index >= 15 is 0 Å². The van der Waals surface area contributed by atoms with E-state index in [1.54, 1.807) is 0 Å². The molecular weight excluding hydrogens is 250 g/mol. The highest BCUT2D eigenvalue weighted by atomic mass is 16.5. The zero-order chi connectivity index (χ0) is 13.9. The van der Waals surface area contributed by atoms with Gasteiger partial charge in [0.15, 0.2) is 5.82 Å². The van der Waals surface area contributed by atoms with Crippen LogP contribution in [-0.4, -0.2) is 10.1 Å². The van der Waals surface area contributed by atoms with Crippen molar-refractivity contribution in [1.82, 2.24) is 10.1 Å². The SMILES string of the molecule is Cc1ccc(N)cc1-c1nc(Cc2ccccc2)no1. The first-order valence-corrected chi connectivity index (χ1v) is 6.45. The van der Waals surface area contributed by atoms with E-state index in [-0.39, 0.29) is 0 Å². The van der Waals surface area contributed by atoms with Crippen LogP contribution in [0.25, 0.3) is 11.5 Å². The van der Waals surface area contributed by atoms with E-state index in [0.29, 0.717) is 23.8 Å². The summed E-state index contributed by atoms with van der Waals surface area (Å²) in [6, 6.07) is 15.7. The van der Waals surface area contributed by atoms with Gasteiger partial charge in [0.2, 0.25) is 0 Å². The number of nitrogens with zero attached hydrogens (tertiary/aromatic N) is 2. The lowest BCUT2D eigenvalue weighted by molar-refractivity contribution is 0.423. The highest BCUT2D eigenvalue weighted by Gasteiger charge is 2.11. The molecule has 4 nitrogen and oxygen atoms in total. The van der Waals surface area contributed by atoms with Crippen LogP contribution in [0, 0.1) is 6.92 Å². The molecule has 0 radical (unpaired) electrons. The van der Waals surface area contributed by atoms with Crippen molar-refractivity contribution in [2.75, 3.05) is 5.73 Å². The summed E-state index contributed by atoms with van der Waals surface area (Å²) in [7, 11) is 0. The summed E-state index contributed by atoms with van der Waals surface area (Å²) in [5.41, 5.74) is 9.60. The van der Waals surface area contributed by atoms with Crippen molar-refractivity contribution in [2.24, 2.45) is 0 Å². The van der Waals surface area contributed by atoms with Crippen LogP contribution in [0.3, 0.4) is 0 Å². The first kappa shape index (κ1) is 12.4. The fourth-order valence-electron chi connectivity index (χ4n) is 2.08. The van der Waals surface area contributed by atoms with Crippen LogP contribution >= 0.6 is 0 Å². The largest absolute Gasteiger partial charge is 0.399 e. The molecule has 2 N–H and O–H groups in total. The van der Waals surface area contributed by atoms with Crippen LogP contribution in [0.4, 0.5) is 5.69 Å². The number of aryl methyl sites for hydroxylation is 1. The highest BCUT2D eigenvalue weighted by molar-refractivity contribution is 5.63. The van der Waals surface area contributed by atoms with E-state index in [4.69, 9.17) is 10.3 Å². The molecule has 100 valence electrons. The van der Waals surface area contributed by atoms with E-state index in [2.05, 4.69) is 10.1 Å². The molecule has 3 aromatic rings. The quantitative estimate of drug-likeness (QED) is 0.738. The van der Waals surface area contributed by atoms with Gasteiger partial charge < -0.3 is 10.3 Å². The third-order valence-corrected chi connectivity index (χ3v) is 3.17. The summed E-state index contributed by atoms with van der Waals surface area (Å²) >= 11 is 0. The minimum atomic E-state index is 0.515. The summed E-state index contributed by atoms with van der Waals surface area (Å²) in [5.74, 6) is 1.19. The van der Waals surface area contributed by atoms with Gasteiger partial charge in [-0.1, -0.05) is 41.6 Å². The monoisotopic (exact) mass is 265 g/mol. The van der Waals surface area contributed by atoms with Gasteiger partial charge in [-0.2, -0.15) is 4.98 Å². The second-order valence-electron chi connectivity index (χ2n) is 4.75. The third kappa shape index (κ3) is 2.54. The first-order chi connectivity index (χ1) is 9.72. The Kier molecular flexibility index (Phi) is 3.21. The minimum absolute atomic E-state index is 0.515. The van der Waals surface area contributed by atoms with E-state index in [0.717, 1.165) is 16.7 Å². The maximum absolute atomic E-state index is 5.81. The molecule has 1 aromatic heterocycles. The molecule has 0 aliphatic carbocycles. The second kappa shape index (κ2) is 5.17. The second-order valence-corrected chi connectivity index (χ2v) is 4.75. The molecule has 20 heavy (non-hydrogen) atoms. The van der Waals surface area contributed by atoms with Crippen LogP contribution in [0.5, 0.6) is 0 Å². The first-order valence-electron chi connectivity index (χ1n) is 6.45. The van der Waals surface area contributed by atoms with Crippen molar-refractivity contribution in [2.45, 2.75) is 13.3 Å². The molecule has 2 aromatic carbocycles. The van der Waals surface area contributed by atoms with Gasteiger partial charge >= 0.3 is 0 Å². The number of nitrogen functional groups attached to an aromatic ring is 1. The molecule has 0 aliphatic heterocycles. The average Bonchev–Trinajstić information content (AvgIpc) is 2.91. The smallest absolute Gasteiger partial charge is 0.258 e. The lowest BCUT2D eigenvalue weighted by atomic mass is 10.1. The molecule has 0 aliphatic rings. The van der Waals surface area contributed by atoms with Gasteiger partial charge in [-0.15, -0.1) is 0 Å². The Bertz CT molecular complexity index is 720. The van der Waals surface area contributed by atoms with Crippen molar-refractivity contribution in [3.8, 4) is 11.5 Å². The van der Waals surface area contributed by atoms with Gasteiger partial charge in [-0.05, 0) is 30.2 Å². The van der Waals surface area contributed by atoms with Crippen molar-refractivity contribution in [1.29, 1.82) is 0 Å². The molecule has 4 heteroatoms. The lowest BCUT2D eigenvalue weighted by Gasteiger charge is -2.01. The van der Waals surface area contributed by atoms with Crippen LogP contribution in [-0.2, 0) is 6.42 Å². The van der Waals surface area contributed by atoms with Crippen LogP contribution < -0.4 is 5.73 Å². The predicted octanol–water partition coefficient (Wildman–Crippen LogP) is 3.22. The summed E-state index contributed by atoms with van der Waals surface area (Å²) in [5, 5.41) is 4.03. The average molecular weight is 265 g/mol. The van der Waals surface area contributed by atoms with Crippen molar-refractivity contribution in [3.63, 3.8) is 0 Å². The Morgan fingerprint density at radius 1 is 1.10 bits per heavy atom. The predicted molar refractivity (Wildman–Crippen MR) is 78.1 cm³/mol. The van der Waals surface area contributed by atoms with Crippen molar-refractivity contribution in [3.05, 3.63) is 65.5 Å². The molecule has 3 rings (SSSR count). The number of nitrogens with two attached hydrogens (primary N) is 1. The fourth-order valence-corrected chi connectivity index (χ4v) is 2.08. The third-order valence-electron chi connectivity index (χ3n) is 3.17. The maximum Gasteiger partial charge on any atom is 0.258 e. The number of hydrogen-bond donors (Lipinski definition) is 1. The number of aromatic nitrogens is 2. The maximum atomic E-state index is 5.81. The summed E-state index contributed by atoms with van der Waals surface area (Å²) in [4.78, 5) is 4.44. The van der Waals surface area contributed by atoms with Crippen molar-refractivity contribution < 1.29 is 4.52 Å². The summed E-state index contributed by atoms with van der Waals surface area (Å²) < 4.78 is 5.34. The zero-order valence-electron chi connectivity index (χ0n) is 11.2. The number of anilines is 1. The molecule has 1 heterocycles. The van der Waals surface area contributed by atoms with Gasteiger partial charge in [-0.3, -0.25) is 0 Å². The van der Waals surface area contributed by atoms with Crippen LogP contribution in [0.2, 0.25) is 0 Å². The van der Waals surface area contributed by atoms with Crippen molar-refractivity contribution >= 4 is 5.69 Å². The molecule has 0 fully saturated rings. The summed E-state index contributed by atoms with van der Waals surface area (Å²) in [6.45, 7) is 2.00. The Morgan fingerprint density at radius 3 is 2.70 bits per heavy atom.